The van der Waals surface area contributed by atoms with Gasteiger partial charge >= 0.3 is 0 Å². The van der Waals surface area contributed by atoms with Crippen LogP contribution in [0, 0.1) is 0 Å². The van der Waals surface area contributed by atoms with Gasteiger partial charge in [-0.05, 0) is 25.0 Å². The summed E-state index contributed by atoms with van der Waals surface area (Å²) in [4.78, 5) is 11.6. The van der Waals surface area contributed by atoms with Gasteiger partial charge in [-0.3, -0.25) is 4.79 Å². The average molecular weight is 372 g/mol. The fourth-order valence-electron chi connectivity index (χ4n) is 1.96. The molecule has 1 heterocycles. The van der Waals surface area contributed by atoms with E-state index in [1.54, 1.807) is 0 Å². The Labute approximate surface area is 138 Å². The first-order chi connectivity index (χ1) is 9.70. The number of benzene rings is 1. The van der Waals surface area contributed by atoms with Gasteiger partial charge in [0.1, 0.15) is 6.04 Å². The van der Waals surface area contributed by atoms with Gasteiger partial charge in [0.2, 0.25) is 19.7 Å². The summed E-state index contributed by atoms with van der Waals surface area (Å²) in [7, 11) is -3.80. The number of sulfonamides is 1. The Morgan fingerprint density at radius 1 is 1.19 bits per heavy atom. The van der Waals surface area contributed by atoms with Gasteiger partial charge in [-0.25, -0.2) is 8.42 Å². The number of amides is 1. The standard InChI is InChI=1S/C12H13Cl3N2O3S/c13-12(14,15)8-3-5-9(6-4-8)21(19,20)17-10-2-1-7-16-11(10)18/h3-6,10,17H,1-2,7H2,(H,16,18)/t10-/m0/s1. The lowest BCUT2D eigenvalue weighted by atomic mass is 10.1. The maximum Gasteiger partial charge on any atom is 0.241 e. The molecule has 21 heavy (non-hydrogen) atoms. The number of carbonyl (C=O) groups excluding carboxylic acids is 1. The molecule has 1 saturated heterocycles. The molecule has 0 radical (unpaired) electrons. The van der Waals surface area contributed by atoms with Crippen LogP contribution in [-0.4, -0.2) is 26.9 Å². The average Bonchev–Trinajstić information content (AvgIpc) is 2.40. The van der Waals surface area contributed by atoms with E-state index in [1.165, 1.54) is 24.3 Å². The summed E-state index contributed by atoms with van der Waals surface area (Å²) in [6, 6.07) is 4.75. The molecule has 1 aromatic rings. The third-order valence-corrected chi connectivity index (χ3v) is 5.22. The predicted molar refractivity (Wildman–Crippen MR) is 82.0 cm³/mol. The van der Waals surface area contributed by atoms with Crippen molar-refractivity contribution in [3.63, 3.8) is 0 Å². The summed E-state index contributed by atoms with van der Waals surface area (Å²) in [5.74, 6) is -0.317. The summed E-state index contributed by atoms with van der Waals surface area (Å²) in [5, 5.41) is 2.62. The molecule has 1 fully saturated rings. The first kappa shape index (κ1) is 16.8. The maximum atomic E-state index is 12.2. The van der Waals surface area contributed by atoms with Crippen LogP contribution in [0.15, 0.2) is 29.2 Å². The monoisotopic (exact) mass is 370 g/mol. The van der Waals surface area contributed by atoms with E-state index in [0.717, 1.165) is 6.42 Å². The van der Waals surface area contributed by atoms with Crippen molar-refractivity contribution in [3.05, 3.63) is 29.8 Å². The van der Waals surface area contributed by atoms with E-state index in [9.17, 15) is 13.2 Å². The highest BCUT2D eigenvalue weighted by Gasteiger charge is 2.28. The zero-order valence-corrected chi connectivity index (χ0v) is 13.9. The van der Waals surface area contributed by atoms with Crippen LogP contribution in [0.3, 0.4) is 0 Å². The number of carbonyl (C=O) groups is 1. The molecule has 1 aromatic carbocycles. The van der Waals surface area contributed by atoms with E-state index >= 15 is 0 Å². The predicted octanol–water partition coefficient (Wildman–Crippen LogP) is 2.07. The minimum absolute atomic E-state index is 0.0128. The van der Waals surface area contributed by atoms with Gasteiger partial charge in [-0.15, -0.1) is 0 Å². The first-order valence-electron chi connectivity index (χ1n) is 6.17. The van der Waals surface area contributed by atoms with E-state index in [1.807, 2.05) is 0 Å². The van der Waals surface area contributed by atoms with Gasteiger partial charge in [-0.2, -0.15) is 4.72 Å². The molecule has 0 unspecified atom stereocenters. The van der Waals surface area contributed by atoms with Gasteiger partial charge < -0.3 is 5.32 Å². The minimum atomic E-state index is -3.80. The lowest BCUT2D eigenvalue weighted by Gasteiger charge is -2.22. The Morgan fingerprint density at radius 3 is 2.33 bits per heavy atom. The largest absolute Gasteiger partial charge is 0.355 e. The molecule has 116 valence electrons. The molecule has 2 rings (SSSR count). The molecule has 1 aliphatic rings. The van der Waals surface area contributed by atoms with E-state index in [0.29, 0.717) is 18.5 Å². The van der Waals surface area contributed by atoms with Crippen LogP contribution in [0.2, 0.25) is 0 Å². The van der Waals surface area contributed by atoms with Crippen molar-refractivity contribution in [2.24, 2.45) is 0 Å². The van der Waals surface area contributed by atoms with Crippen LogP contribution >= 0.6 is 34.8 Å². The first-order valence-corrected chi connectivity index (χ1v) is 8.79. The lowest BCUT2D eigenvalue weighted by Crippen LogP contribution is -2.50. The summed E-state index contributed by atoms with van der Waals surface area (Å²) in [5.41, 5.74) is 0.363. The number of alkyl halides is 3. The van der Waals surface area contributed by atoms with Crippen LogP contribution in [0.1, 0.15) is 18.4 Å². The van der Waals surface area contributed by atoms with E-state index < -0.39 is 19.9 Å². The van der Waals surface area contributed by atoms with Crippen LogP contribution in [0.25, 0.3) is 0 Å². The Morgan fingerprint density at radius 2 is 1.81 bits per heavy atom. The number of piperidine rings is 1. The molecular formula is C12H13Cl3N2O3S. The zero-order chi connectivity index (χ0) is 15.7. The van der Waals surface area contributed by atoms with E-state index in [2.05, 4.69) is 10.0 Å². The molecule has 5 nitrogen and oxygen atoms in total. The van der Waals surface area contributed by atoms with Gasteiger partial charge in [0.15, 0.2) is 0 Å². The second-order valence-electron chi connectivity index (χ2n) is 4.63. The zero-order valence-electron chi connectivity index (χ0n) is 10.8. The van der Waals surface area contributed by atoms with Crippen molar-refractivity contribution in [1.82, 2.24) is 10.0 Å². The van der Waals surface area contributed by atoms with Gasteiger partial charge in [0, 0.05) is 12.1 Å². The fraction of sp³-hybridized carbons (Fsp3) is 0.417. The Kier molecular flexibility index (Phi) is 5.05. The highest BCUT2D eigenvalue weighted by molar-refractivity contribution is 7.89. The number of nitrogens with one attached hydrogen (secondary N) is 2. The van der Waals surface area contributed by atoms with Crippen molar-refractivity contribution < 1.29 is 13.2 Å². The van der Waals surface area contributed by atoms with Gasteiger partial charge in [0.25, 0.3) is 0 Å². The summed E-state index contributed by atoms with van der Waals surface area (Å²) >= 11 is 17.1. The van der Waals surface area contributed by atoms with Crippen LogP contribution < -0.4 is 10.0 Å². The van der Waals surface area contributed by atoms with Crippen LogP contribution in [-0.2, 0) is 18.6 Å². The Balaban J connectivity index is 2.17. The molecule has 9 heteroatoms. The molecule has 0 bridgehead atoms. The maximum absolute atomic E-state index is 12.2. The van der Waals surface area contributed by atoms with E-state index in [-0.39, 0.29) is 10.8 Å². The summed E-state index contributed by atoms with van der Waals surface area (Å²) in [6.45, 7) is 0.564. The summed E-state index contributed by atoms with van der Waals surface area (Å²) < 4.78 is 25.2. The number of rotatable bonds is 3. The molecule has 0 aliphatic carbocycles. The van der Waals surface area contributed by atoms with Gasteiger partial charge in [-0.1, -0.05) is 46.9 Å². The second kappa shape index (κ2) is 6.30. The fourth-order valence-corrected chi connectivity index (χ4v) is 3.57. The van der Waals surface area contributed by atoms with Crippen LogP contribution in [0.4, 0.5) is 0 Å². The van der Waals surface area contributed by atoms with Crippen LogP contribution in [0.5, 0.6) is 0 Å². The number of hydrogen-bond acceptors (Lipinski definition) is 3. The Hall–Kier alpha value is -0.530. The van der Waals surface area contributed by atoms with Crippen molar-refractivity contribution >= 4 is 50.7 Å². The highest BCUT2D eigenvalue weighted by Crippen LogP contribution is 2.38. The van der Waals surface area contributed by atoms with E-state index in [4.69, 9.17) is 34.8 Å². The van der Waals surface area contributed by atoms with Crippen molar-refractivity contribution in [2.75, 3.05) is 6.54 Å². The SMILES string of the molecule is O=C1NCCC[C@@H]1NS(=O)(=O)c1ccc(C(Cl)(Cl)Cl)cc1. The molecule has 1 atom stereocenters. The number of hydrogen-bond donors (Lipinski definition) is 2. The molecular weight excluding hydrogens is 359 g/mol. The van der Waals surface area contributed by atoms with Gasteiger partial charge in [0.05, 0.1) is 4.90 Å². The molecule has 0 aromatic heterocycles. The molecule has 2 N–H and O–H groups in total. The third kappa shape index (κ3) is 4.23. The smallest absolute Gasteiger partial charge is 0.241 e. The normalized spacial score (nSPS) is 20.1. The second-order valence-corrected chi connectivity index (χ2v) is 8.62. The number of halogens is 3. The quantitative estimate of drug-likeness (QED) is 0.799. The molecule has 0 spiro atoms. The minimum Gasteiger partial charge on any atom is -0.355 e. The van der Waals surface area contributed by atoms with Crippen molar-refractivity contribution in [1.29, 1.82) is 0 Å². The van der Waals surface area contributed by atoms with Crippen molar-refractivity contribution in [3.8, 4) is 0 Å². The molecule has 1 aliphatic heterocycles. The lowest BCUT2D eigenvalue weighted by molar-refractivity contribution is -0.124. The third-order valence-electron chi connectivity index (χ3n) is 3.07. The highest BCUT2D eigenvalue weighted by atomic mass is 35.6. The molecule has 0 saturated carbocycles. The molecule has 1 amide bonds. The Bertz CT molecular complexity index is 626. The topological polar surface area (TPSA) is 75.3 Å². The summed E-state index contributed by atoms with van der Waals surface area (Å²) in [6.07, 6.45) is 1.20. The van der Waals surface area contributed by atoms with Crippen molar-refractivity contribution in [2.45, 2.75) is 27.6 Å².